The van der Waals surface area contributed by atoms with Gasteiger partial charge in [-0.1, -0.05) is 41.5 Å². The van der Waals surface area contributed by atoms with Gasteiger partial charge in [-0.05, 0) is 30.8 Å². The van der Waals surface area contributed by atoms with Crippen molar-refractivity contribution in [2.45, 2.75) is 78.7 Å². The molecule has 0 bridgehead atoms. The molecule has 2 heterocycles. The third kappa shape index (κ3) is 2.81. The van der Waals surface area contributed by atoms with E-state index in [2.05, 4.69) is 83.3 Å². The van der Waals surface area contributed by atoms with Crippen LogP contribution in [0.4, 0.5) is 0 Å². The van der Waals surface area contributed by atoms with Crippen LogP contribution in [0.25, 0.3) is 5.52 Å². The Morgan fingerprint density at radius 1 is 0.905 bits per heavy atom. The maximum Gasteiger partial charge on any atom is 0.256 e. The molecule has 0 fully saturated rings. The van der Waals surface area contributed by atoms with E-state index in [9.17, 15) is 0 Å². The summed E-state index contributed by atoms with van der Waals surface area (Å²) in [4.78, 5) is 4.60. The monoisotopic (exact) mass is 289 g/mol. The number of fused-ring (bicyclic) bond motifs is 1. The van der Waals surface area contributed by atoms with E-state index in [0.29, 0.717) is 0 Å². The van der Waals surface area contributed by atoms with Gasteiger partial charge in [-0.15, -0.1) is 0 Å². The van der Waals surface area contributed by atoms with Crippen molar-refractivity contribution >= 4 is 5.52 Å². The average Bonchev–Trinajstić information content (AvgIpc) is 2.65. The average molecular weight is 289 g/mol. The minimum atomic E-state index is -0.0318. The largest absolute Gasteiger partial charge is 0.256 e. The van der Waals surface area contributed by atoms with Crippen LogP contribution in [-0.2, 0) is 16.4 Å². The van der Waals surface area contributed by atoms with Crippen molar-refractivity contribution in [1.29, 1.82) is 0 Å². The zero-order valence-electron chi connectivity index (χ0n) is 14.9. The van der Waals surface area contributed by atoms with Gasteiger partial charge in [0, 0.05) is 11.0 Å². The summed E-state index contributed by atoms with van der Waals surface area (Å²) >= 11 is 0. The van der Waals surface area contributed by atoms with Crippen LogP contribution in [-0.4, -0.2) is 14.7 Å². The second-order valence-corrected chi connectivity index (χ2v) is 8.90. The molecule has 0 atom stereocenters. The minimum Gasteiger partial charge on any atom is -0.212 e. The third-order valence-electron chi connectivity index (χ3n) is 3.69. The van der Waals surface area contributed by atoms with Gasteiger partial charge < -0.3 is 0 Å². The lowest BCUT2D eigenvalue weighted by Crippen LogP contribution is -2.54. The van der Waals surface area contributed by atoms with Gasteiger partial charge in [0.1, 0.15) is 11.7 Å². The molecule has 0 saturated carbocycles. The molecule has 0 amide bonds. The van der Waals surface area contributed by atoms with E-state index in [1.165, 1.54) is 5.56 Å². The number of hydrogen-bond donors (Lipinski definition) is 0. The van der Waals surface area contributed by atoms with Crippen molar-refractivity contribution < 1.29 is 4.68 Å². The Kier molecular flexibility index (Phi) is 3.43. The van der Waals surface area contributed by atoms with Crippen molar-refractivity contribution in [3.05, 3.63) is 23.8 Å². The fourth-order valence-electron chi connectivity index (χ4n) is 2.56. The molecule has 21 heavy (non-hydrogen) atoms. The second-order valence-electron chi connectivity index (χ2n) is 8.90. The molecule has 0 aliphatic carbocycles. The van der Waals surface area contributed by atoms with Gasteiger partial charge in [0.25, 0.3) is 6.33 Å². The van der Waals surface area contributed by atoms with Crippen molar-refractivity contribution in [3.8, 4) is 0 Å². The maximum atomic E-state index is 4.60. The highest BCUT2D eigenvalue weighted by Gasteiger charge is 2.34. The maximum absolute atomic E-state index is 4.60. The fraction of sp³-hybridized carbons (Fsp3) is 0.706. The molecule has 4 nitrogen and oxygen atoms in total. The first-order valence-corrected chi connectivity index (χ1v) is 7.63. The Morgan fingerprint density at radius 2 is 1.48 bits per heavy atom. The Hall–Kier alpha value is -1.45. The Balaban J connectivity index is 2.97. The van der Waals surface area contributed by atoms with E-state index in [-0.39, 0.29) is 16.4 Å². The van der Waals surface area contributed by atoms with Crippen LogP contribution in [0.2, 0.25) is 0 Å². The minimum absolute atomic E-state index is 0.0156. The summed E-state index contributed by atoms with van der Waals surface area (Å²) in [6.45, 7) is 19.9. The molecule has 0 spiro atoms. The first-order valence-electron chi connectivity index (χ1n) is 7.63. The molecule has 0 radical (unpaired) electrons. The number of hydrogen-bond acceptors (Lipinski definition) is 2. The highest BCUT2D eigenvalue weighted by atomic mass is 15.5. The van der Waals surface area contributed by atoms with Gasteiger partial charge in [-0.25, -0.2) is 4.98 Å². The van der Waals surface area contributed by atoms with Crippen LogP contribution in [0.3, 0.4) is 0 Å². The van der Waals surface area contributed by atoms with Crippen LogP contribution in [0.5, 0.6) is 0 Å². The lowest BCUT2D eigenvalue weighted by molar-refractivity contribution is -0.816. The van der Waals surface area contributed by atoms with Gasteiger partial charge in [-0.3, -0.25) is 0 Å². The Morgan fingerprint density at radius 3 is 1.90 bits per heavy atom. The van der Waals surface area contributed by atoms with E-state index in [1.807, 2.05) is 4.63 Å². The Labute approximate surface area is 128 Å². The van der Waals surface area contributed by atoms with E-state index >= 15 is 0 Å². The van der Waals surface area contributed by atoms with Crippen LogP contribution in [0.15, 0.2) is 12.5 Å². The number of rotatable bonds is 0. The van der Waals surface area contributed by atoms with Crippen LogP contribution in [0.1, 0.15) is 73.6 Å². The number of nitrogens with zero attached hydrogens (tertiary/aromatic N) is 4. The lowest BCUT2D eigenvalue weighted by atomic mass is 9.84. The van der Waals surface area contributed by atoms with E-state index < -0.39 is 0 Å². The quantitative estimate of drug-likeness (QED) is 0.697. The summed E-state index contributed by atoms with van der Waals surface area (Å²) in [5, 5.41) is 4.52. The smallest absolute Gasteiger partial charge is 0.212 e. The molecule has 0 aliphatic heterocycles. The predicted molar refractivity (Wildman–Crippen MR) is 85.6 cm³/mol. The molecule has 0 saturated heterocycles. The summed E-state index contributed by atoms with van der Waals surface area (Å²) < 4.78 is 4.23. The van der Waals surface area contributed by atoms with E-state index in [1.54, 1.807) is 6.33 Å². The zero-order valence-corrected chi connectivity index (χ0v) is 14.9. The van der Waals surface area contributed by atoms with Crippen molar-refractivity contribution in [3.63, 3.8) is 0 Å². The highest BCUT2D eigenvalue weighted by molar-refractivity contribution is 5.60. The van der Waals surface area contributed by atoms with Crippen molar-refractivity contribution in [1.82, 2.24) is 14.7 Å². The first-order chi connectivity index (χ1) is 9.33. The lowest BCUT2D eigenvalue weighted by Gasteiger charge is -2.20. The van der Waals surface area contributed by atoms with Crippen LogP contribution < -0.4 is 4.68 Å². The summed E-state index contributed by atoms with van der Waals surface area (Å²) in [6.07, 6.45) is 3.90. The summed E-state index contributed by atoms with van der Waals surface area (Å²) in [7, 11) is 0. The van der Waals surface area contributed by atoms with Crippen LogP contribution in [0, 0.1) is 0 Å². The Bertz CT molecular complexity index is 661. The van der Waals surface area contributed by atoms with Crippen molar-refractivity contribution in [2.24, 2.45) is 0 Å². The van der Waals surface area contributed by atoms with Crippen LogP contribution >= 0.6 is 0 Å². The summed E-state index contributed by atoms with van der Waals surface area (Å²) in [6, 6.07) is 0. The molecule has 2 rings (SSSR count). The SMILES string of the molecule is CC(C)(C)c1c[n+](C(C)(C)C)n2ncnc(C(C)(C)C)c12. The topological polar surface area (TPSA) is 34.1 Å². The fourth-order valence-corrected chi connectivity index (χ4v) is 2.56. The third-order valence-corrected chi connectivity index (χ3v) is 3.69. The van der Waals surface area contributed by atoms with E-state index in [4.69, 9.17) is 0 Å². The second kappa shape index (κ2) is 4.52. The molecule has 2 aromatic heterocycles. The van der Waals surface area contributed by atoms with Gasteiger partial charge in [-0.2, -0.15) is 4.68 Å². The van der Waals surface area contributed by atoms with Gasteiger partial charge in [0.2, 0.25) is 0 Å². The molecule has 0 aliphatic rings. The van der Waals surface area contributed by atoms with E-state index in [0.717, 1.165) is 11.2 Å². The van der Waals surface area contributed by atoms with Gasteiger partial charge in [0.15, 0.2) is 5.52 Å². The molecule has 0 unspecified atom stereocenters. The zero-order chi connectivity index (χ0) is 16.2. The molecular weight excluding hydrogens is 260 g/mol. The normalized spacial score (nSPS) is 14.0. The molecule has 0 aromatic carbocycles. The van der Waals surface area contributed by atoms with Gasteiger partial charge >= 0.3 is 0 Å². The number of aromatic nitrogens is 4. The van der Waals surface area contributed by atoms with Gasteiger partial charge in [0.05, 0.1) is 10.8 Å². The first kappa shape index (κ1) is 15.9. The molecular formula is C17H29N4+. The highest BCUT2D eigenvalue weighted by Crippen LogP contribution is 2.32. The molecule has 2 aromatic rings. The molecule has 0 N–H and O–H groups in total. The molecule has 4 heteroatoms. The molecule has 116 valence electrons. The predicted octanol–water partition coefficient (Wildman–Crippen LogP) is 3.37. The van der Waals surface area contributed by atoms with Crippen molar-refractivity contribution in [2.75, 3.05) is 0 Å². The summed E-state index contributed by atoms with van der Waals surface area (Å²) in [5.74, 6) is 0. The standard InChI is InChI=1S/C17H29N4/c1-15(2,3)12-10-20(17(7,8)9)21-13(12)14(16(4,5)6)18-11-19-21/h10-11H,1-9H3/q+1. The summed E-state index contributed by atoms with van der Waals surface area (Å²) in [5.41, 5.74) is 3.54.